The summed E-state index contributed by atoms with van der Waals surface area (Å²) in [5, 5.41) is 0. The maximum absolute atomic E-state index is 5.45. The van der Waals surface area contributed by atoms with E-state index in [0.29, 0.717) is 0 Å². The van der Waals surface area contributed by atoms with Gasteiger partial charge in [-0.25, -0.2) is 0 Å². The second-order valence-corrected chi connectivity index (χ2v) is 3.64. The van der Waals surface area contributed by atoms with E-state index in [1.54, 1.807) is 0 Å². The van der Waals surface area contributed by atoms with Crippen LogP contribution >= 0.6 is 0 Å². The topological polar surface area (TPSA) is 35.2 Å². The van der Waals surface area contributed by atoms with Crippen molar-refractivity contribution in [3.8, 4) is 0 Å². The van der Waals surface area contributed by atoms with Crippen LogP contribution < -0.4 is 5.73 Å². The predicted octanol–water partition coefficient (Wildman–Crippen LogP) is 2.18. The van der Waals surface area contributed by atoms with Crippen LogP contribution in [0.5, 0.6) is 0 Å². The summed E-state index contributed by atoms with van der Waals surface area (Å²) in [4.78, 5) is 0. The summed E-state index contributed by atoms with van der Waals surface area (Å²) in [6, 6.07) is 0. The van der Waals surface area contributed by atoms with E-state index < -0.39 is 0 Å². The SMILES string of the molecule is CC(C)CCOCCCCCN. The molecular formula is C10H23NO. The predicted molar refractivity (Wildman–Crippen MR) is 53.2 cm³/mol. The molecule has 12 heavy (non-hydrogen) atoms. The third-order valence-electron chi connectivity index (χ3n) is 1.83. The van der Waals surface area contributed by atoms with Gasteiger partial charge in [0.1, 0.15) is 0 Å². The van der Waals surface area contributed by atoms with Gasteiger partial charge in [0, 0.05) is 13.2 Å². The van der Waals surface area contributed by atoms with Gasteiger partial charge in [0.05, 0.1) is 0 Å². The van der Waals surface area contributed by atoms with Crippen molar-refractivity contribution in [2.75, 3.05) is 19.8 Å². The van der Waals surface area contributed by atoms with Gasteiger partial charge in [0.2, 0.25) is 0 Å². The van der Waals surface area contributed by atoms with Crippen LogP contribution in [0.4, 0.5) is 0 Å². The molecule has 2 heteroatoms. The summed E-state index contributed by atoms with van der Waals surface area (Å²) in [5.74, 6) is 0.758. The van der Waals surface area contributed by atoms with Crippen LogP contribution in [0.15, 0.2) is 0 Å². The fourth-order valence-corrected chi connectivity index (χ4v) is 0.946. The first-order valence-corrected chi connectivity index (χ1v) is 5.05. The monoisotopic (exact) mass is 173 g/mol. The molecule has 74 valence electrons. The zero-order valence-electron chi connectivity index (χ0n) is 8.51. The number of ether oxygens (including phenoxy) is 1. The molecule has 0 spiro atoms. The molecule has 0 aliphatic rings. The van der Waals surface area contributed by atoms with Crippen molar-refractivity contribution in [1.82, 2.24) is 0 Å². The average Bonchev–Trinajstić information content (AvgIpc) is 2.02. The lowest BCUT2D eigenvalue weighted by Crippen LogP contribution is -2.02. The van der Waals surface area contributed by atoms with Crippen LogP contribution in [0.3, 0.4) is 0 Å². The van der Waals surface area contributed by atoms with E-state index in [-0.39, 0.29) is 0 Å². The second kappa shape index (κ2) is 9.01. The summed E-state index contributed by atoms with van der Waals surface area (Å²) in [7, 11) is 0. The summed E-state index contributed by atoms with van der Waals surface area (Å²) < 4.78 is 5.45. The van der Waals surface area contributed by atoms with Crippen LogP contribution in [0, 0.1) is 5.92 Å². The van der Waals surface area contributed by atoms with Crippen LogP contribution in [-0.4, -0.2) is 19.8 Å². The van der Waals surface area contributed by atoms with E-state index in [0.717, 1.165) is 38.5 Å². The Kier molecular flexibility index (Phi) is 8.95. The Hall–Kier alpha value is -0.0800. The first kappa shape index (κ1) is 11.9. The van der Waals surface area contributed by atoms with E-state index in [1.807, 2.05) is 0 Å². The highest BCUT2D eigenvalue weighted by Crippen LogP contribution is 2.00. The Labute approximate surface area is 76.5 Å². The van der Waals surface area contributed by atoms with Crippen molar-refractivity contribution in [2.45, 2.75) is 39.5 Å². The van der Waals surface area contributed by atoms with Crippen LogP contribution in [0.2, 0.25) is 0 Å². The molecular weight excluding hydrogens is 150 g/mol. The van der Waals surface area contributed by atoms with Gasteiger partial charge >= 0.3 is 0 Å². The van der Waals surface area contributed by atoms with Crippen molar-refractivity contribution in [3.05, 3.63) is 0 Å². The van der Waals surface area contributed by atoms with Crippen molar-refractivity contribution in [2.24, 2.45) is 11.7 Å². The Balaban J connectivity index is 2.82. The molecule has 0 aromatic carbocycles. The maximum Gasteiger partial charge on any atom is 0.0468 e. The normalized spacial score (nSPS) is 11.0. The van der Waals surface area contributed by atoms with Crippen LogP contribution in [0.25, 0.3) is 0 Å². The lowest BCUT2D eigenvalue weighted by molar-refractivity contribution is 0.120. The van der Waals surface area contributed by atoms with Crippen LogP contribution in [0.1, 0.15) is 39.5 Å². The van der Waals surface area contributed by atoms with Crippen molar-refractivity contribution >= 4 is 0 Å². The summed E-state index contributed by atoms with van der Waals surface area (Å²) in [6.07, 6.45) is 4.68. The third-order valence-corrected chi connectivity index (χ3v) is 1.83. The van der Waals surface area contributed by atoms with Gasteiger partial charge in [-0.1, -0.05) is 13.8 Å². The minimum absolute atomic E-state index is 0.758. The first-order valence-electron chi connectivity index (χ1n) is 5.05. The maximum atomic E-state index is 5.45. The molecule has 0 saturated heterocycles. The molecule has 2 nitrogen and oxygen atoms in total. The zero-order valence-corrected chi connectivity index (χ0v) is 8.51. The molecule has 0 aliphatic carbocycles. The standard InChI is InChI=1S/C10H23NO/c1-10(2)6-9-12-8-5-3-4-7-11/h10H,3-9,11H2,1-2H3. The number of nitrogens with two attached hydrogens (primary N) is 1. The minimum Gasteiger partial charge on any atom is -0.381 e. The van der Waals surface area contributed by atoms with Gasteiger partial charge in [-0.05, 0) is 38.1 Å². The van der Waals surface area contributed by atoms with Gasteiger partial charge in [-0.3, -0.25) is 0 Å². The minimum atomic E-state index is 0.758. The van der Waals surface area contributed by atoms with E-state index in [9.17, 15) is 0 Å². The second-order valence-electron chi connectivity index (χ2n) is 3.64. The molecule has 0 aromatic rings. The number of rotatable bonds is 8. The largest absolute Gasteiger partial charge is 0.381 e. The van der Waals surface area contributed by atoms with Crippen molar-refractivity contribution < 1.29 is 4.74 Å². The highest BCUT2D eigenvalue weighted by molar-refractivity contribution is 4.44. The average molecular weight is 173 g/mol. The molecule has 0 radical (unpaired) electrons. The molecule has 0 aliphatic heterocycles. The van der Waals surface area contributed by atoms with Gasteiger partial charge in [-0.2, -0.15) is 0 Å². The molecule has 0 atom stereocenters. The molecule has 0 unspecified atom stereocenters. The third kappa shape index (κ3) is 9.92. The molecule has 0 bridgehead atoms. The first-order chi connectivity index (χ1) is 5.77. The quantitative estimate of drug-likeness (QED) is 0.571. The number of hydrogen-bond acceptors (Lipinski definition) is 2. The fourth-order valence-electron chi connectivity index (χ4n) is 0.946. The van der Waals surface area contributed by atoms with E-state index in [4.69, 9.17) is 10.5 Å². The van der Waals surface area contributed by atoms with Crippen molar-refractivity contribution in [3.63, 3.8) is 0 Å². The Morgan fingerprint density at radius 1 is 1.08 bits per heavy atom. The lowest BCUT2D eigenvalue weighted by atomic mass is 10.1. The Morgan fingerprint density at radius 3 is 2.42 bits per heavy atom. The van der Waals surface area contributed by atoms with E-state index in [2.05, 4.69) is 13.8 Å². The molecule has 0 rings (SSSR count). The fraction of sp³-hybridized carbons (Fsp3) is 1.00. The van der Waals surface area contributed by atoms with Gasteiger partial charge in [-0.15, -0.1) is 0 Å². The molecule has 0 heterocycles. The Bertz CT molecular complexity index is 83.9. The Morgan fingerprint density at radius 2 is 1.83 bits per heavy atom. The van der Waals surface area contributed by atoms with Gasteiger partial charge in [0.15, 0.2) is 0 Å². The zero-order chi connectivity index (χ0) is 9.23. The molecule has 0 fully saturated rings. The highest BCUT2D eigenvalue weighted by Gasteiger charge is 1.93. The summed E-state index contributed by atoms with van der Waals surface area (Å²) in [6.45, 7) is 7.08. The van der Waals surface area contributed by atoms with Gasteiger partial charge < -0.3 is 10.5 Å². The highest BCUT2D eigenvalue weighted by atomic mass is 16.5. The number of unbranched alkanes of at least 4 members (excludes halogenated alkanes) is 2. The van der Waals surface area contributed by atoms with E-state index >= 15 is 0 Å². The van der Waals surface area contributed by atoms with E-state index in [1.165, 1.54) is 12.8 Å². The van der Waals surface area contributed by atoms with Crippen molar-refractivity contribution in [1.29, 1.82) is 0 Å². The molecule has 0 aromatic heterocycles. The van der Waals surface area contributed by atoms with Crippen LogP contribution in [-0.2, 0) is 4.74 Å². The smallest absolute Gasteiger partial charge is 0.0468 e. The summed E-state index contributed by atoms with van der Waals surface area (Å²) in [5.41, 5.74) is 5.37. The molecule has 0 amide bonds. The van der Waals surface area contributed by atoms with Gasteiger partial charge in [0.25, 0.3) is 0 Å². The lowest BCUT2D eigenvalue weighted by Gasteiger charge is -2.05. The number of hydrogen-bond donors (Lipinski definition) is 1. The molecule has 2 N–H and O–H groups in total. The summed E-state index contributed by atoms with van der Waals surface area (Å²) >= 11 is 0. The molecule has 0 saturated carbocycles.